The van der Waals surface area contributed by atoms with Crippen LogP contribution in [0.2, 0.25) is 0 Å². The Balaban J connectivity index is 1.93. The summed E-state index contributed by atoms with van der Waals surface area (Å²) in [5, 5.41) is 9.85. The third-order valence-electron chi connectivity index (χ3n) is 3.26. The first-order valence-electron chi connectivity index (χ1n) is 7.83. The molecule has 0 amide bonds. The molecule has 1 heterocycles. The highest BCUT2D eigenvalue weighted by Gasteiger charge is 2.02. The van der Waals surface area contributed by atoms with Gasteiger partial charge in [0.2, 0.25) is 0 Å². The van der Waals surface area contributed by atoms with Crippen LogP contribution in [0, 0.1) is 0 Å². The number of nitrogens with one attached hydrogen (secondary N) is 2. The van der Waals surface area contributed by atoms with Gasteiger partial charge in [-0.25, -0.2) is 9.98 Å². The van der Waals surface area contributed by atoms with Crippen LogP contribution in [0.15, 0.2) is 34.6 Å². The second-order valence-electron chi connectivity index (χ2n) is 4.98. The average Bonchev–Trinajstić information content (AvgIpc) is 3.06. The van der Waals surface area contributed by atoms with Crippen molar-refractivity contribution in [2.24, 2.45) is 4.99 Å². The maximum absolute atomic E-state index is 5.17. The van der Waals surface area contributed by atoms with Gasteiger partial charge in [-0.2, -0.15) is 0 Å². The summed E-state index contributed by atoms with van der Waals surface area (Å²) in [6.45, 7) is 6.31. The molecule has 2 N–H and O–H groups in total. The third-order valence-corrected chi connectivity index (χ3v) is 4.30. The second kappa shape index (κ2) is 9.15. The van der Waals surface area contributed by atoms with Crippen LogP contribution in [-0.2, 0) is 19.5 Å². The Labute approximate surface area is 141 Å². The number of ether oxygens (including phenoxy) is 1. The molecule has 1 aromatic heterocycles. The number of thiazole rings is 1. The molecule has 0 fully saturated rings. The minimum atomic E-state index is 0.622. The van der Waals surface area contributed by atoms with Crippen molar-refractivity contribution < 1.29 is 4.74 Å². The lowest BCUT2D eigenvalue weighted by atomic mass is 10.2. The van der Waals surface area contributed by atoms with Crippen LogP contribution in [0.1, 0.15) is 30.1 Å². The van der Waals surface area contributed by atoms with E-state index in [-0.39, 0.29) is 0 Å². The molecule has 5 nitrogen and oxygen atoms in total. The van der Waals surface area contributed by atoms with Gasteiger partial charge in [-0.15, -0.1) is 11.3 Å². The Kier molecular flexibility index (Phi) is 6.87. The predicted molar refractivity (Wildman–Crippen MR) is 96.1 cm³/mol. The van der Waals surface area contributed by atoms with E-state index in [4.69, 9.17) is 4.74 Å². The number of hydrogen-bond acceptors (Lipinski definition) is 4. The minimum absolute atomic E-state index is 0.622. The molecule has 0 saturated heterocycles. The second-order valence-corrected chi connectivity index (χ2v) is 5.93. The smallest absolute Gasteiger partial charge is 0.191 e. The Bertz CT molecular complexity index is 622. The van der Waals surface area contributed by atoms with Gasteiger partial charge in [-0.05, 0) is 31.0 Å². The first-order chi connectivity index (χ1) is 11.2. The molecule has 2 aromatic rings. The fraction of sp³-hybridized carbons (Fsp3) is 0.412. The number of methoxy groups -OCH3 is 1. The maximum Gasteiger partial charge on any atom is 0.191 e. The number of aromatic nitrogens is 1. The number of aryl methyl sites for hydroxylation is 1. The van der Waals surface area contributed by atoms with E-state index in [9.17, 15) is 0 Å². The summed E-state index contributed by atoms with van der Waals surface area (Å²) in [4.78, 5) is 9.17. The largest absolute Gasteiger partial charge is 0.497 e. The summed E-state index contributed by atoms with van der Waals surface area (Å²) in [6.07, 6.45) is 0.982. The number of aliphatic imine (C=N–C) groups is 1. The first kappa shape index (κ1) is 17.3. The number of benzene rings is 1. The SMILES string of the molecule is CCNC(=NCc1ccc(OC)cc1)NCc1csc(CC)n1. The quantitative estimate of drug-likeness (QED) is 0.604. The highest BCUT2D eigenvalue weighted by atomic mass is 32.1. The van der Waals surface area contributed by atoms with Gasteiger partial charge in [-0.1, -0.05) is 19.1 Å². The summed E-state index contributed by atoms with van der Waals surface area (Å²) in [7, 11) is 1.67. The van der Waals surface area contributed by atoms with Crippen molar-refractivity contribution in [3.63, 3.8) is 0 Å². The third kappa shape index (κ3) is 5.56. The lowest BCUT2D eigenvalue weighted by molar-refractivity contribution is 0.414. The average molecular weight is 332 g/mol. The van der Waals surface area contributed by atoms with E-state index in [2.05, 4.69) is 39.8 Å². The van der Waals surface area contributed by atoms with Gasteiger partial charge in [-0.3, -0.25) is 0 Å². The van der Waals surface area contributed by atoms with E-state index in [0.29, 0.717) is 13.1 Å². The summed E-state index contributed by atoms with van der Waals surface area (Å²) in [6, 6.07) is 7.96. The van der Waals surface area contributed by atoms with Crippen molar-refractivity contribution >= 4 is 17.3 Å². The normalized spacial score (nSPS) is 11.3. The van der Waals surface area contributed by atoms with Gasteiger partial charge in [0.1, 0.15) is 5.75 Å². The zero-order chi connectivity index (χ0) is 16.5. The van der Waals surface area contributed by atoms with E-state index in [1.807, 2.05) is 24.3 Å². The molecule has 2 rings (SSSR count). The zero-order valence-electron chi connectivity index (χ0n) is 13.9. The van der Waals surface area contributed by atoms with E-state index in [0.717, 1.165) is 35.9 Å². The standard InChI is InChI=1S/C17H24N4OS/c1-4-16-21-14(12-23-16)11-20-17(18-5-2)19-10-13-6-8-15(22-3)9-7-13/h6-9,12H,4-5,10-11H2,1-3H3,(H2,18,19,20). The van der Waals surface area contributed by atoms with Crippen LogP contribution in [0.5, 0.6) is 5.75 Å². The van der Waals surface area contributed by atoms with Crippen molar-refractivity contribution in [3.05, 3.63) is 45.9 Å². The van der Waals surface area contributed by atoms with Crippen LogP contribution in [-0.4, -0.2) is 24.6 Å². The van der Waals surface area contributed by atoms with E-state index < -0.39 is 0 Å². The molecule has 0 unspecified atom stereocenters. The van der Waals surface area contributed by atoms with Crippen LogP contribution in [0.4, 0.5) is 0 Å². The monoisotopic (exact) mass is 332 g/mol. The lowest BCUT2D eigenvalue weighted by Gasteiger charge is -2.10. The van der Waals surface area contributed by atoms with Gasteiger partial charge in [0, 0.05) is 11.9 Å². The highest BCUT2D eigenvalue weighted by molar-refractivity contribution is 7.09. The van der Waals surface area contributed by atoms with Crippen LogP contribution >= 0.6 is 11.3 Å². The topological polar surface area (TPSA) is 58.5 Å². The molecule has 23 heavy (non-hydrogen) atoms. The Morgan fingerprint density at radius 1 is 1.22 bits per heavy atom. The molecule has 0 aliphatic heterocycles. The summed E-state index contributed by atoms with van der Waals surface area (Å²) in [5.41, 5.74) is 2.20. The lowest BCUT2D eigenvalue weighted by Crippen LogP contribution is -2.36. The summed E-state index contributed by atoms with van der Waals surface area (Å²) >= 11 is 1.70. The summed E-state index contributed by atoms with van der Waals surface area (Å²) in [5.74, 6) is 1.66. The molecular weight excluding hydrogens is 308 g/mol. The van der Waals surface area contributed by atoms with E-state index in [1.165, 1.54) is 5.01 Å². The number of nitrogens with zero attached hydrogens (tertiary/aromatic N) is 2. The molecule has 124 valence electrons. The van der Waals surface area contributed by atoms with Crippen LogP contribution in [0.25, 0.3) is 0 Å². The van der Waals surface area contributed by atoms with Gasteiger partial charge in [0.25, 0.3) is 0 Å². The molecule has 1 aromatic carbocycles. The molecule has 6 heteroatoms. The summed E-state index contributed by atoms with van der Waals surface area (Å²) < 4.78 is 5.17. The molecule has 0 saturated carbocycles. The highest BCUT2D eigenvalue weighted by Crippen LogP contribution is 2.12. The zero-order valence-corrected chi connectivity index (χ0v) is 14.7. The fourth-order valence-electron chi connectivity index (χ4n) is 2.01. The number of guanidine groups is 1. The van der Waals surface area contributed by atoms with E-state index >= 15 is 0 Å². The number of hydrogen-bond donors (Lipinski definition) is 2. The van der Waals surface area contributed by atoms with E-state index in [1.54, 1.807) is 18.4 Å². The Hall–Kier alpha value is -2.08. The molecular formula is C17H24N4OS. The Morgan fingerprint density at radius 2 is 2.00 bits per heavy atom. The van der Waals surface area contributed by atoms with Crippen molar-refractivity contribution in [1.29, 1.82) is 0 Å². The minimum Gasteiger partial charge on any atom is -0.497 e. The van der Waals surface area contributed by atoms with Crippen molar-refractivity contribution in [2.75, 3.05) is 13.7 Å². The van der Waals surface area contributed by atoms with Crippen LogP contribution < -0.4 is 15.4 Å². The van der Waals surface area contributed by atoms with Crippen molar-refractivity contribution in [2.45, 2.75) is 33.4 Å². The van der Waals surface area contributed by atoms with Gasteiger partial charge in [0.15, 0.2) is 5.96 Å². The maximum atomic E-state index is 5.17. The fourth-order valence-corrected chi connectivity index (χ4v) is 2.75. The van der Waals surface area contributed by atoms with Crippen molar-refractivity contribution in [3.8, 4) is 5.75 Å². The van der Waals surface area contributed by atoms with Gasteiger partial charge < -0.3 is 15.4 Å². The molecule has 0 atom stereocenters. The molecule has 0 aliphatic carbocycles. The number of rotatable bonds is 7. The van der Waals surface area contributed by atoms with Gasteiger partial charge in [0.05, 0.1) is 30.9 Å². The first-order valence-corrected chi connectivity index (χ1v) is 8.71. The molecule has 0 spiro atoms. The Morgan fingerprint density at radius 3 is 2.61 bits per heavy atom. The van der Waals surface area contributed by atoms with Gasteiger partial charge >= 0.3 is 0 Å². The van der Waals surface area contributed by atoms with Crippen LogP contribution in [0.3, 0.4) is 0 Å². The predicted octanol–water partition coefficient (Wildman–Crippen LogP) is 2.97. The molecule has 0 aliphatic rings. The van der Waals surface area contributed by atoms with Crippen molar-refractivity contribution in [1.82, 2.24) is 15.6 Å². The molecule has 0 radical (unpaired) electrons. The molecule has 0 bridgehead atoms.